The molecule has 1 N–H and O–H groups in total. The molecule has 0 saturated heterocycles. The zero-order valence-electron chi connectivity index (χ0n) is 38.3. The molecular weight excluding hydrogens is 869 g/mol. The van der Waals surface area contributed by atoms with Crippen molar-refractivity contribution >= 4 is 52.2 Å². The Morgan fingerprint density at radius 1 is 0.529 bits per heavy atom. The van der Waals surface area contributed by atoms with E-state index in [1.54, 1.807) is 61.0 Å². The van der Waals surface area contributed by atoms with Crippen LogP contribution >= 0.6 is 0 Å². The third-order valence-corrected chi connectivity index (χ3v) is 10.3. The molecule has 354 valence electrons. The van der Waals surface area contributed by atoms with Crippen molar-refractivity contribution in [2.24, 2.45) is 10.2 Å². The number of anilines is 4. The van der Waals surface area contributed by atoms with Crippen molar-refractivity contribution in [1.29, 1.82) is 0 Å². The monoisotopic (exact) mass is 925 g/mol. The summed E-state index contributed by atoms with van der Waals surface area (Å²) in [6.07, 6.45) is 6.78. The highest BCUT2D eigenvalue weighted by Crippen LogP contribution is 2.40. The van der Waals surface area contributed by atoms with Gasteiger partial charge in [0, 0.05) is 31.1 Å². The highest BCUT2D eigenvalue weighted by molar-refractivity contribution is 6.39. The number of para-hydroxylation sites is 4. The second kappa shape index (κ2) is 26.2. The fourth-order valence-electron chi connectivity index (χ4n) is 6.98. The van der Waals surface area contributed by atoms with Crippen LogP contribution in [0, 0.1) is 0 Å². The lowest BCUT2D eigenvalue weighted by Crippen LogP contribution is -2.30. The largest absolute Gasteiger partial charge is 0.506 e. The number of nitrogens with zero attached hydrogens (tertiary/aromatic N) is 6. The van der Waals surface area contributed by atoms with Gasteiger partial charge >= 0.3 is 0 Å². The van der Waals surface area contributed by atoms with Gasteiger partial charge in [0.25, 0.3) is 11.4 Å². The lowest BCUT2D eigenvalue weighted by Gasteiger charge is -2.23. The van der Waals surface area contributed by atoms with Crippen LogP contribution in [0.5, 0.6) is 0 Å². The summed E-state index contributed by atoms with van der Waals surface area (Å²) < 4.78 is 35.6. The van der Waals surface area contributed by atoms with E-state index < -0.39 is 5.78 Å². The standard InChI is InChI=1S/C52H56N6O10/c1-61-27-29-63-31-33-65-35-37-67-57-45(39-53-55(41-15-7-3-8-16-41)42-17-9-4-10-18-42)23-25-47(57)49-51(59)50(52(49)60)48-26-24-46(58(48)68-38-36-66-34-32-64-30-28-62-2)40-54-56(43-19-11-5-12-20-43)44-21-13-6-14-22-44/h3-26,39-40H,27-38H2,1-2H3/p+1. The molecule has 2 heterocycles. The lowest BCUT2D eigenvalue weighted by atomic mass is 9.84. The fraction of sp³-hybridized carbons (Fsp3) is 0.269. The molecule has 7 rings (SSSR count). The Hall–Kier alpha value is -7.18. The molecule has 5 aromatic rings. The second-order valence-electron chi connectivity index (χ2n) is 14.9. The van der Waals surface area contributed by atoms with E-state index in [-0.39, 0.29) is 43.3 Å². The van der Waals surface area contributed by atoms with Crippen LogP contribution in [0.3, 0.4) is 0 Å². The number of aliphatic hydroxyl groups is 1. The number of allylic oxidation sites excluding steroid dienone is 4. The number of Topliss-reactive ketones (excluding diaryl/α,β-unsaturated/α-hetero) is 1. The number of aromatic nitrogens is 1. The number of ether oxygens (including phenoxy) is 6. The molecule has 16 nitrogen and oxygen atoms in total. The van der Waals surface area contributed by atoms with Crippen molar-refractivity contribution in [3.8, 4) is 0 Å². The van der Waals surface area contributed by atoms with Gasteiger partial charge in [-0.3, -0.25) is 9.63 Å². The summed E-state index contributed by atoms with van der Waals surface area (Å²) in [4.78, 5) is 27.0. The van der Waals surface area contributed by atoms with Crippen molar-refractivity contribution < 1.29 is 52.7 Å². The van der Waals surface area contributed by atoms with E-state index in [9.17, 15) is 9.90 Å². The number of hydrogen-bond acceptors (Lipinski definition) is 14. The van der Waals surface area contributed by atoms with Gasteiger partial charge in [-0.25, -0.2) is 10.0 Å². The van der Waals surface area contributed by atoms with E-state index >= 15 is 0 Å². The van der Waals surface area contributed by atoms with Gasteiger partial charge in [-0.15, -0.1) is 0 Å². The van der Waals surface area contributed by atoms with E-state index in [0.717, 1.165) is 22.7 Å². The predicted molar refractivity (Wildman–Crippen MR) is 261 cm³/mol. The Morgan fingerprint density at radius 3 is 1.44 bits per heavy atom. The summed E-state index contributed by atoms with van der Waals surface area (Å²) in [6.45, 7) is 4.10. The molecule has 0 radical (unpaired) electrons. The number of hydroxylamine groups is 1. The maximum atomic E-state index is 14.4. The topological polar surface area (TPSA) is 150 Å². The Balaban J connectivity index is 1.19. The summed E-state index contributed by atoms with van der Waals surface area (Å²) in [6, 6.07) is 42.5. The van der Waals surface area contributed by atoms with E-state index in [2.05, 4.69) is 0 Å². The van der Waals surface area contributed by atoms with Gasteiger partial charge in [0.1, 0.15) is 29.8 Å². The molecule has 0 unspecified atom stereocenters. The molecule has 4 aromatic carbocycles. The number of hydrogen-bond donors (Lipinski definition) is 1. The molecule has 0 atom stereocenters. The number of methoxy groups -OCH3 is 2. The Bertz CT molecular complexity index is 2470. The molecule has 0 amide bonds. The zero-order chi connectivity index (χ0) is 47.2. The smallest absolute Gasteiger partial charge is 0.278 e. The maximum Gasteiger partial charge on any atom is 0.278 e. The van der Waals surface area contributed by atoms with E-state index in [1.807, 2.05) is 121 Å². The van der Waals surface area contributed by atoms with Gasteiger partial charge in [-0.05, 0) is 60.7 Å². The van der Waals surface area contributed by atoms with Crippen LogP contribution in [-0.4, -0.2) is 132 Å². The van der Waals surface area contributed by atoms with Crippen molar-refractivity contribution in [1.82, 2.24) is 4.73 Å². The second-order valence-corrected chi connectivity index (χ2v) is 14.9. The molecule has 1 aliphatic heterocycles. The summed E-state index contributed by atoms with van der Waals surface area (Å²) in [5.41, 5.74) is 5.16. The van der Waals surface area contributed by atoms with Crippen LogP contribution in [0.25, 0.3) is 5.57 Å². The van der Waals surface area contributed by atoms with Crippen LogP contribution in [-0.2, 0) is 38.1 Å². The van der Waals surface area contributed by atoms with Gasteiger partial charge < -0.3 is 38.4 Å². The first-order valence-electron chi connectivity index (χ1n) is 22.3. The number of carbonyl (C=O) groups is 1. The highest BCUT2D eigenvalue weighted by Gasteiger charge is 2.45. The van der Waals surface area contributed by atoms with Gasteiger partial charge in [-0.2, -0.15) is 14.9 Å². The first kappa shape index (κ1) is 48.7. The van der Waals surface area contributed by atoms with Crippen LogP contribution in [0.4, 0.5) is 22.7 Å². The number of benzene rings is 4. The van der Waals surface area contributed by atoms with Gasteiger partial charge in [0.05, 0.1) is 106 Å². The molecule has 0 saturated carbocycles. The molecule has 16 heteroatoms. The number of hydrazone groups is 2. The van der Waals surface area contributed by atoms with E-state index in [1.165, 1.54) is 9.47 Å². The van der Waals surface area contributed by atoms with Crippen LogP contribution in [0.2, 0.25) is 0 Å². The van der Waals surface area contributed by atoms with Crippen LogP contribution in [0.1, 0.15) is 11.4 Å². The highest BCUT2D eigenvalue weighted by atomic mass is 16.7. The van der Waals surface area contributed by atoms with Gasteiger partial charge in [0.15, 0.2) is 6.61 Å². The average Bonchev–Trinajstić information content (AvgIpc) is 3.96. The minimum Gasteiger partial charge on any atom is -0.506 e. The Labute approximate surface area is 396 Å². The minimum atomic E-state index is -0.417. The van der Waals surface area contributed by atoms with Crippen molar-refractivity contribution in [3.05, 3.63) is 174 Å². The number of carbonyl (C=O) groups excluding carboxylic acids is 1. The zero-order valence-corrected chi connectivity index (χ0v) is 38.3. The first-order valence-corrected chi connectivity index (χ1v) is 22.3. The fourth-order valence-corrected chi connectivity index (χ4v) is 6.98. The predicted octanol–water partition coefficient (Wildman–Crippen LogP) is 7.33. The van der Waals surface area contributed by atoms with Gasteiger partial charge in [-0.1, -0.05) is 72.8 Å². The average molecular weight is 926 g/mol. The molecule has 0 bridgehead atoms. The Kier molecular flexibility index (Phi) is 18.8. The molecule has 68 heavy (non-hydrogen) atoms. The number of rotatable bonds is 29. The summed E-state index contributed by atoms with van der Waals surface area (Å²) in [5, 5.41) is 25.3. The molecular formula is C52H57N6O10+. The maximum absolute atomic E-state index is 14.4. The molecule has 1 aliphatic carbocycles. The Morgan fingerprint density at radius 2 is 0.971 bits per heavy atom. The van der Waals surface area contributed by atoms with E-state index in [0.29, 0.717) is 75.7 Å². The van der Waals surface area contributed by atoms with Gasteiger partial charge in [0.2, 0.25) is 5.78 Å². The normalized spacial score (nSPS) is 14.7. The van der Waals surface area contributed by atoms with Crippen molar-refractivity contribution in [2.45, 2.75) is 0 Å². The first-order chi connectivity index (χ1) is 33.6. The molecule has 1 aromatic heterocycles. The van der Waals surface area contributed by atoms with Crippen LogP contribution in [0.15, 0.2) is 173 Å². The lowest BCUT2D eigenvalue weighted by molar-refractivity contribution is -0.747. The third kappa shape index (κ3) is 13.0. The minimum absolute atomic E-state index is 0.0641. The molecule has 0 spiro atoms. The summed E-state index contributed by atoms with van der Waals surface area (Å²) in [7, 11) is 3.24. The van der Waals surface area contributed by atoms with Crippen molar-refractivity contribution in [3.63, 3.8) is 0 Å². The molecule has 0 fully saturated rings. The molecule has 2 aliphatic rings. The quantitative estimate of drug-likeness (QED) is 0.0168. The summed E-state index contributed by atoms with van der Waals surface area (Å²) >= 11 is 0. The van der Waals surface area contributed by atoms with Crippen LogP contribution < -0.4 is 14.9 Å². The third-order valence-electron chi connectivity index (χ3n) is 10.3. The number of aliphatic hydroxyl groups excluding tert-OH is 1. The number of ketones is 1. The van der Waals surface area contributed by atoms with Crippen molar-refractivity contribution in [2.75, 3.05) is 104 Å². The SMILES string of the molecule is COCCOCCOCCOn1c(/C=N/N(c2ccccc2)c2ccccc2)ccc1C1=C(O)/C(=C2/C=CC(/C=N/N(c3ccccc3)c3ccccc3)=[N+]2OCCOCCOCCOC)C1=O. The van der Waals surface area contributed by atoms with E-state index in [4.69, 9.17) is 48.3 Å². The summed E-state index contributed by atoms with van der Waals surface area (Å²) in [5.74, 6) is -0.646.